The van der Waals surface area contributed by atoms with Gasteiger partial charge in [-0.25, -0.2) is 9.78 Å². The number of hydrogen-bond donors (Lipinski definition) is 3. The maximum absolute atomic E-state index is 12.5. The van der Waals surface area contributed by atoms with Gasteiger partial charge in [0, 0.05) is 26.4 Å². The summed E-state index contributed by atoms with van der Waals surface area (Å²) in [5, 5.41) is 6.99. The molecule has 0 radical (unpaired) electrons. The number of pyridine rings is 1. The molecule has 188 valence electrons. The van der Waals surface area contributed by atoms with Gasteiger partial charge in [0.05, 0.1) is 12.3 Å². The number of rotatable bonds is 5. The van der Waals surface area contributed by atoms with E-state index in [2.05, 4.69) is 20.4 Å². The van der Waals surface area contributed by atoms with Gasteiger partial charge in [0.15, 0.2) is 5.65 Å². The van der Waals surface area contributed by atoms with Gasteiger partial charge in [-0.15, -0.1) is 0 Å². The average molecular weight is 486 g/mol. The molecule has 4 N–H and O–H groups in total. The van der Waals surface area contributed by atoms with Gasteiger partial charge in [-0.2, -0.15) is 9.61 Å². The first-order chi connectivity index (χ1) is 16.5. The fourth-order valence-corrected chi connectivity index (χ4v) is 3.11. The lowest BCUT2D eigenvalue weighted by Crippen LogP contribution is -2.35. The number of ether oxygens (including phenoxy) is 2. The summed E-state index contributed by atoms with van der Waals surface area (Å²) in [6, 6.07) is 4.71. The van der Waals surface area contributed by atoms with Crippen LogP contribution in [0.3, 0.4) is 0 Å². The molecule has 12 nitrogen and oxygen atoms in total. The van der Waals surface area contributed by atoms with E-state index in [1.54, 1.807) is 40.0 Å². The zero-order valence-electron chi connectivity index (χ0n) is 20.5. The fraction of sp³-hybridized carbons (Fsp3) is 0.435. The van der Waals surface area contributed by atoms with E-state index in [0.29, 0.717) is 6.10 Å². The second-order valence-electron chi connectivity index (χ2n) is 9.02. The van der Waals surface area contributed by atoms with Gasteiger partial charge in [0.1, 0.15) is 28.5 Å². The first-order valence-electron chi connectivity index (χ1n) is 11.1. The summed E-state index contributed by atoms with van der Waals surface area (Å²) in [6.45, 7) is 5.23. The lowest BCUT2D eigenvalue weighted by molar-refractivity contribution is 0.0412. The third kappa shape index (κ3) is 6.35. The van der Waals surface area contributed by atoms with Crippen molar-refractivity contribution in [2.45, 2.75) is 51.7 Å². The summed E-state index contributed by atoms with van der Waals surface area (Å²) in [6.07, 6.45) is 6.69. The van der Waals surface area contributed by atoms with E-state index >= 15 is 0 Å². The molecule has 1 fully saturated rings. The quantitative estimate of drug-likeness (QED) is 0.498. The molecule has 0 unspecified atom stereocenters. The normalized spacial score (nSPS) is 13.4. The van der Waals surface area contributed by atoms with Crippen molar-refractivity contribution < 1.29 is 19.1 Å². The van der Waals surface area contributed by atoms with Crippen molar-refractivity contribution in [2.24, 2.45) is 5.73 Å². The first-order valence-corrected chi connectivity index (χ1v) is 11.1. The van der Waals surface area contributed by atoms with Crippen molar-refractivity contribution in [3.63, 3.8) is 0 Å². The number of carbonyl (C=O) groups excluding carboxylic acids is 2. The molecule has 2 amide bonds. The highest BCUT2D eigenvalue weighted by Crippen LogP contribution is 2.24. The predicted molar refractivity (Wildman–Crippen MR) is 131 cm³/mol. The van der Waals surface area contributed by atoms with Crippen LogP contribution in [0.2, 0.25) is 0 Å². The molecule has 1 aliphatic rings. The van der Waals surface area contributed by atoms with E-state index in [-0.39, 0.29) is 34.1 Å². The number of amides is 2. The van der Waals surface area contributed by atoms with Crippen LogP contribution in [0.15, 0.2) is 35.4 Å². The number of nitrogens with two attached hydrogens (primary N) is 1. The molecule has 0 spiro atoms. The molecule has 3 aromatic heterocycles. The van der Waals surface area contributed by atoms with E-state index in [0.717, 1.165) is 0 Å². The second kappa shape index (κ2) is 10.6. The van der Waals surface area contributed by atoms with Crippen LogP contribution in [-0.2, 0) is 9.47 Å². The number of nitrogens with zero attached hydrogens (tertiary/aromatic N) is 4. The molecule has 12 heteroatoms. The van der Waals surface area contributed by atoms with Crippen molar-refractivity contribution >= 4 is 35.0 Å². The Balaban J connectivity index is 0.000000497. The van der Waals surface area contributed by atoms with E-state index in [4.69, 9.17) is 15.2 Å². The average Bonchev–Trinajstić information content (AvgIpc) is 3.17. The van der Waals surface area contributed by atoms with Crippen LogP contribution in [-0.4, -0.2) is 57.4 Å². The molecule has 0 bridgehead atoms. The van der Waals surface area contributed by atoms with Crippen molar-refractivity contribution in [1.29, 1.82) is 0 Å². The van der Waals surface area contributed by atoms with Gasteiger partial charge >= 0.3 is 6.09 Å². The Bertz CT molecular complexity index is 1250. The summed E-state index contributed by atoms with van der Waals surface area (Å²) in [5.41, 5.74) is 4.76. The Labute approximate surface area is 202 Å². The molecular formula is C23H31N7O5. The molecule has 0 aliphatic heterocycles. The maximum Gasteiger partial charge on any atom is 0.415 e. The number of aromatic amines is 1. The maximum atomic E-state index is 12.5. The Morgan fingerprint density at radius 2 is 2.03 bits per heavy atom. The molecule has 3 heterocycles. The second-order valence-corrected chi connectivity index (χ2v) is 9.02. The smallest absolute Gasteiger partial charge is 0.415 e. The highest BCUT2D eigenvalue weighted by atomic mass is 16.6. The van der Waals surface area contributed by atoms with E-state index < -0.39 is 17.6 Å². The van der Waals surface area contributed by atoms with Gasteiger partial charge < -0.3 is 25.5 Å². The van der Waals surface area contributed by atoms with Gasteiger partial charge in [-0.3, -0.25) is 14.5 Å². The summed E-state index contributed by atoms with van der Waals surface area (Å²) >= 11 is 0. The van der Waals surface area contributed by atoms with Gasteiger partial charge in [-0.05, 0) is 52.2 Å². The monoisotopic (exact) mass is 485 g/mol. The van der Waals surface area contributed by atoms with E-state index in [9.17, 15) is 14.4 Å². The molecule has 0 saturated heterocycles. The number of carbonyl (C=O) groups is 2. The molecule has 0 atom stereocenters. The minimum Gasteiger partial charge on any atom is -0.443 e. The minimum atomic E-state index is -0.729. The Morgan fingerprint density at radius 1 is 1.31 bits per heavy atom. The number of hydrogen-bond acceptors (Lipinski definition) is 8. The van der Waals surface area contributed by atoms with Crippen LogP contribution in [0.5, 0.6) is 0 Å². The number of anilines is 3. The molecule has 1 saturated carbocycles. The van der Waals surface area contributed by atoms with Crippen molar-refractivity contribution in [2.75, 3.05) is 24.4 Å². The van der Waals surface area contributed by atoms with Gasteiger partial charge in [0.25, 0.3) is 11.5 Å². The highest BCUT2D eigenvalue weighted by Gasteiger charge is 2.25. The minimum absolute atomic E-state index is 0.0643. The number of nitrogens with one attached hydrogen (secondary N) is 2. The lowest BCUT2D eigenvalue weighted by atomic mass is 9.96. The van der Waals surface area contributed by atoms with Crippen molar-refractivity contribution in [3.05, 3.63) is 46.5 Å². The third-order valence-corrected chi connectivity index (χ3v) is 5.20. The van der Waals surface area contributed by atoms with E-state index in [1.165, 1.54) is 54.2 Å². The summed E-state index contributed by atoms with van der Waals surface area (Å²) in [4.78, 5) is 44.4. The molecule has 35 heavy (non-hydrogen) atoms. The van der Waals surface area contributed by atoms with Crippen molar-refractivity contribution in [1.82, 2.24) is 19.6 Å². The largest absolute Gasteiger partial charge is 0.443 e. The van der Waals surface area contributed by atoms with Gasteiger partial charge in [0.2, 0.25) is 0 Å². The molecular weight excluding hydrogens is 454 g/mol. The Morgan fingerprint density at radius 3 is 2.54 bits per heavy atom. The topological polar surface area (TPSA) is 157 Å². The van der Waals surface area contributed by atoms with Crippen LogP contribution in [0, 0.1) is 0 Å². The predicted octanol–water partition coefficient (Wildman–Crippen LogP) is 2.82. The standard InChI is InChI=1S/C18H21N7O4.C5H10O/c1-18(2,3)29-17(28)24(4)13-8-12(22-11-6-5-7-20-16(11)27)23-15-10(14(19)26)9-21-25(13)15;1-6-5-3-2-4-5/h5-9H,1-4H3,(H2,19,26)(H,20,27)(H,22,23);5H,2-4H2,1H3. The summed E-state index contributed by atoms with van der Waals surface area (Å²) in [7, 11) is 3.28. The number of fused-ring (bicyclic) bond motifs is 1. The van der Waals surface area contributed by atoms with Crippen LogP contribution >= 0.6 is 0 Å². The van der Waals surface area contributed by atoms with Crippen LogP contribution < -0.4 is 21.5 Å². The summed E-state index contributed by atoms with van der Waals surface area (Å²) in [5.74, 6) is -0.262. The van der Waals surface area contributed by atoms with Gasteiger partial charge in [-0.1, -0.05) is 0 Å². The van der Waals surface area contributed by atoms with Crippen LogP contribution in [0.4, 0.5) is 22.1 Å². The Hall–Kier alpha value is -3.93. The number of aromatic nitrogens is 4. The molecule has 4 rings (SSSR count). The molecule has 3 aromatic rings. The number of methoxy groups -OCH3 is 1. The van der Waals surface area contributed by atoms with Crippen LogP contribution in [0.25, 0.3) is 5.65 Å². The third-order valence-electron chi connectivity index (χ3n) is 5.20. The van der Waals surface area contributed by atoms with Crippen molar-refractivity contribution in [3.8, 4) is 0 Å². The number of primary amides is 1. The Kier molecular flexibility index (Phi) is 7.75. The molecule has 0 aromatic carbocycles. The first kappa shape index (κ1) is 25.7. The molecule has 1 aliphatic carbocycles. The van der Waals surface area contributed by atoms with E-state index in [1.807, 2.05) is 0 Å². The zero-order chi connectivity index (χ0) is 25.8. The number of H-pyrrole nitrogens is 1. The highest BCUT2D eigenvalue weighted by molar-refractivity contribution is 5.99. The zero-order valence-corrected chi connectivity index (χ0v) is 20.5. The van der Waals surface area contributed by atoms with Crippen LogP contribution in [0.1, 0.15) is 50.4 Å². The SMILES string of the molecule is CN(C(=O)OC(C)(C)C)c1cc(Nc2ccc[nH]c2=O)nc2c(C(N)=O)cnn12.COC1CCC1. The fourth-order valence-electron chi connectivity index (χ4n) is 3.11. The lowest BCUT2D eigenvalue weighted by Gasteiger charge is -2.25. The summed E-state index contributed by atoms with van der Waals surface area (Å²) < 4.78 is 11.7.